The smallest absolute Gasteiger partial charge is 0.417 e. The van der Waals surface area contributed by atoms with Crippen LogP contribution in [0.2, 0.25) is 0 Å². The van der Waals surface area contributed by atoms with Gasteiger partial charge < -0.3 is 9.73 Å². The van der Waals surface area contributed by atoms with Crippen molar-refractivity contribution in [2.45, 2.75) is 25.1 Å². The van der Waals surface area contributed by atoms with E-state index < -0.39 is 11.7 Å². The van der Waals surface area contributed by atoms with Gasteiger partial charge in [0.1, 0.15) is 5.52 Å². The van der Waals surface area contributed by atoms with E-state index in [4.69, 9.17) is 4.42 Å². The second kappa shape index (κ2) is 5.63. The summed E-state index contributed by atoms with van der Waals surface area (Å²) >= 11 is 0. The molecule has 0 spiro atoms. The number of nitrogens with zero attached hydrogens (tertiary/aromatic N) is 1. The molecule has 0 amide bonds. The van der Waals surface area contributed by atoms with Crippen LogP contribution in [0.25, 0.3) is 22.2 Å². The highest BCUT2D eigenvalue weighted by Gasteiger charge is 2.33. The third-order valence-electron chi connectivity index (χ3n) is 4.31. The van der Waals surface area contributed by atoms with Crippen molar-refractivity contribution < 1.29 is 17.6 Å². The molecule has 24 heavy (non-hydrogen) atoms. The molecule has 3 nitrogen and oxygen atoms in total. The second-order valence-corrected chi connectivity index (χ2v) is 5.93. The van der Waals surface area contributed by atoms with Gasteiger partial charge >= 0.3 is 6.18 Å². The summed E-state index contributed by atoms with van der Waals surface area (Å²) in [4.78, 5) is 4.46. The second-order valence-electron chi connectivity index (χ2n) is 5.93. The fraction of sp³-hybridized carbons (Fsp3) is 0.278. The van der Waals surface area contributed by atoms with Crippen molar-refractivity contribution in [2.75, 3.05) is 6.54 Å². The summed E-state index contributed by atoms with van der Waals surface area (Å²) in [5.74, 6) is 0.601. The number of alkyl halides is 3. The normalized spacial score (nSPS) is 18.4. The SMILES string of the molecule is FC(F)(F)c1ccccc1-c1ccc2oc(C3CCCN3)nc2c1. The number of halogens is 3. The van der Waals surface area contributed by atoms with Crippen LogP contribution in [0.15, 0.2) is 46.9 Å². The zero-order chi connectivity index (χ0) is 16.7. The predicted molar refractivity (Wildman–Crippen MR) is 84.4 cm³/mol. The van der Waals surface area contributed by atoms with E-state index in [9.17, 15) is 13.2 Å². The van der Waals surface area contributed by atoms with Gasteiger partial charge in [0.05, 0.1) is 11.6 Å². The first-order chi connectivity index (χ1) is 11.5. The van der Waals surface area contributed by atoms with Gasteiger partial charge in [-0.3, -0.25) is 0 Å². The van der Waals surface area contributed by atoms with Crippen LogP contribution in [-0.4, -0.2) is 11.5 Å². The Labute approximate surface area is 136 Å². The van der Waals surface area contributed by atoms with Gasteiger partial charge in [-0.15, -0.1) is 0 Å². The van der Waals surface area contributed by atoms with E-state index in [1.165, 1.54) is 12.1 Å². The number of hydrogen-bond donors (Lipinski definition) is 1. The van der Waals surface area contributed by atoms with Gasteiger partial charge in [-0.25, -0.2) is 4.98 Å². The van der Waals surface area contributed by atoms with Crippen molar-refractivity contribution in [3.8, 4) is 11.1 Å². The van der Waals surface area contributed by atoms with Crippen LogP contribution in [0.4, 0.5) is 13.2 Å². The molecule has 0 aliphatic carbocycles. The van der Waals surface area contributed by atoms with E-state index >= 15 is 0 Å². The minimum atomic E-state index is -4.39. The van der Waals surface area contributed by atoms with E-state index in [0.29, 0.717) is 22.6 Å². The largest absolute Gasteiger partial charge is 0.439 e. The van der Waals surface area contributed by atoms with Crippen molar-refractivity contribution >= 4 is 11.1 Å². The Morgan fingerprint density at radius 2 is 1.96 bits per heavy atom. The number of hydrogen-bond acceptors (Lipinski definition) is 3. The lowest BCUT2D eigenvalue weighted by Crippen LogP contribution is -2.12. The van der Waals surface area contributed by atoms with Gasteiger partial charge in [-0.1, -0.05) is 24.3 Å². The Kier molecular flexibility index (Phi) is 3.57. The van der Waals surface area contributed by atoms with Crippen LogP contribution in [0, 0.1) is 0 Å². The van der Waals surface area contributed by atoms with E-state index in [-0.39, 0.29) is 11.6 Å². The Morgan fingerprint density at radius 1 is 1.12 bits per heavy atom. The number of aromatic nitrogens is 1. The summed E-state index contributed by atoms with van der Waals surface area (Å²) < 4.78 is 45.4. The zero-order valence-electron chi connectivity index (χ0n) is 12.7. The quantitative estimate of drug-likeness (QED) is 0.722. The molecule has 1 fully saturated rings. The van der Waals surface area contributed by atoms with Crippen LogP contribution < -0.4 is 5.32 Å². The third kappa shape index (κ3) is 2.67. The Balaban J connectivity index is 1.78. The lowest BCUT2D eigenvalue weighted by atomic mass is 9.99. The first-order valence-corrected chi connectivity index (χ1v) is 7.83. The summed E-state index contributed by atoms with van der Waals surface area (Å²) in [6, 6.07) is 10.6. The van der Waals surface area contributed by atoms with Crippen molar-refractivity contribution in [3.63, 3.8) is 0 Å². The summed E-state index contributed by atoms with van der Waals surface area (Å²) in [5.41, 5.74) is 1.15. The van der Waals surface area contributed by atoms with E-state index in [0.717, 1.165) is 25.5 Å². The third-order valence-corrected chi connectivity index (χ3v) is 4.31. The maximum atomic E-state index is 13.2. The molecule has 2 aromatic carbocycles. The average molecular weight is 332 g/mol. The van der Waals surface area contributed by atoms with Crippen molar-refractivity contribution in [1.29, 1.82) is 0 Å². The highest BCUT2D eigenvalue weighted by atomic mass is 19.4. The minimum Gasteiger partial charge on any atom is -0.439 e. The van der Waals surface area contributed by atoms with Gasteiger partial charge in [0.2, 0.25) is 5.89 Å². The molecule has 3 aromatic rings. The molecule has 124 valence electrons. The number of fused-ring (bicyclic) bond motifs is 1. The lowest BCUT2D eigenvalue weighted by molar-refractivity contribution is -0.137. The van der Waals surface area contributed by atoms with E-state index in [1.54, 1.807) is 24.3 Å². The standard InChI is InChI=1S/C18H15F3N2O/c19-18(20,21)13-5-2-1-4-12(13)11-7-8-16-15(10-11)23-17(24-16)14-6-3-9-22-14/h1-2,4-5,7-8,10,14,22H,3,6,9H2. The summed E-state index contributed by atoms with van der Waals surface area (Å²) in [6.45, 7) is 0.924. The van der Waals surface area contributed by atoms with E-state index in [1.807, 2.05) is 0 Å². The van der Waals surface area contributed by atoms with Gasteiger partial charge in [-0.2, -0.15) is 13.2 Å². The molecule has 2 heterocycles. The van der Waals surface area contributed by atoms with Gasteiger partial charge in [0, 0.05) is 0 Å². The molecule has 0 radical (unpaired) electrons. The van der Waals surface area contributed by atoms with Crippen LogP contribution in [0.5, 0.6) is 0 Å². The molecule has 1 aromatic heterocycles. The number of rotatable bonds is 2. The number of nitrogens with one attached hydrogen (secondary N) is 1. The number of oxazole rings is 1. The monoisotopic (exact) mass is 332 g/mol. The van der Waals surface area contributed by atoms with E-state index in [2.05, 4.69) is 10.3 Å². The average Bonchev–Trinajstić information content (AvgIpc) is 3.22. The first-order valence-electron chi connectivity index (χ1n) is 7.83. The molecule has 1 aliphatic heterocycles. The minimum absolute atomic E-state index is 0.0864. The molecule has 1 N–H and O–H groups in total. The summed E-state index contributed by atoms with van der Waals surface area (Å²) in [6.07, 6.45) is -2.38. The Bertz CT molecular complexity index is 879. The highest BCUT2D eigenvalue weighted by molar-refractivity contribution is 5.81. The topological polar surface area (TPSA) is 38.1 Å². The van der Waals surface area contributed by atoms with Crippen LogP contribution in [0.1, 0.15) is 30.3 Å². The summed E-state index contributed by atoms with van der Waals surface area (Å²) in [7, 11) is 0. The lowest BCUT2D eigenvalue weighted by Gasteiger charge is -2.12. The Morgan fingerprint density at radius 3 is 2.71 bits per heavy atom. The molecule has 1 aliphatic rings. The van der Waals surface area contributed by atoms with Crippen molar-refractivity contribution in [1.82, 2.24) is 10.3 Å². The molecule has 6 heteroatoms. The van der Waals surface area contributed by atoms with Crippen LogP contribution >= 0.6 is 0 Å². The van der Waals surface area contributed by atoms with Crippen molar-refractivity contribution in [3.05, 3.63) is 53.9 Å². The van der Waals surface area contributed by atoms with Crippen LogP contribution in [0.3, 0.4) is 0 Å². The fourth-order valence-electron chi connectivity index (χ4n) is 3.14. The van der Waals surface area contributed by atoms with Crippen molar-refractivity contribution in [2.24, 2.45) is 0 Å². The van der Waals surface area contributed by atoms with Gasteiger partial charge in [-0.05, 0) is 48.7 Å². The molecule has 1 unspecified atom stereocenters. The predicted octanol–water partition coefficient (Wildman–Crippen LogP) is 4.94. The van der Waals surface area contributed by atoms with Gasteiger partial charge in [0.25, 0.3) is 0 Å². The molecular weight excluding hydrogens is 317 g/mol. The maximum absolute atomic E-state index is 13.2. The summed E-state index contributed by atoms with van der Waals surface area (Å²) in [5, 5.41) is 3.30. The molecule has 1 atom stereocenters. The molecule has 1 saturated heterocycles. The molecule has 0 bridgehead atoms. The van der Waals surface area contributed by atoms with Gasteiger partial charge in [0.15, 0.2) is 5.58 Å². The molecular formula is C18H15F3N2O. The van der Waals surface area contributed by atoms with Crippen LogP contribution in [-0.2, 0) is 6.18 Å². The molecule has 0 saturated carbocycles. The number of benzene rings is 2. The highest BCUT2D eigenvalue weighted by Crippen LogP contribution is 2.38. The Hall–Kier alpha value is -2.34. The maximum Gasteiger partial charge on any atom is 0.417 e. The molecule has 4 rings (SSSR count). The zero-order valence-corrected chi connectivity index (χ0v) is 12.7. The first kappa shape index (κ1) is 15.2. The fourth-order valence-corrected chi connectivity index (χ4v) is 3.14.